The first-order valence-corrected chi connectivity index (χ1v) is 9.19. The van der Waals surface area contributed by atoms with Crippen molar-refractivity contribution in [1.29, 1.82) is 0 Å². The van der Waals surface area contributed by atoms with Crippen LogP contribution in [0.25, 0.3) is 0 Å². The predicted molar refractivity (Wildman–Crippen MR) is 95.7 cm³/mol. The maximum absolute atomic E-state index is 12.7. The number of hydrogen-bond acceptors (Lipinski definition) is 4. The van der Waals surface area contributed by atoms with Gasteiger partial charge in [-0.3, -0.25) is 19.3 Å². The predicted octanol–water partition coefficient (Wildman–Crippen LogP) is 1.91. The first-order valence-electron chi connectivity index (χ1n) is 9.19. The van der Waals surface area contributed by atoms with Gasteiger partial charge in [-0.1, -0.05) is 12.8 Å². The molecule has 1 aliphatic heterocycles. The molecule has 2 aromatic rings. The highest BCUT2D eigenvalue weighted by molar-refractivity contribution is 5.94. The molecule has 1 fully saturated rings. The molecule has 4 rings (SSSR count). The molecule has 1 N–H and O–H groups in total. The second-order valence-electron chi connectivity index (χ2n) is 7.11. The Balaban J connectivity index is 1.45. The van der Waals surface area contributed by atoms with Crippen molar-refractivity contribution in [2.75, 3.05) is 6.54 Å². The lowest BCUT2D eigenvalue weighted by Crippen LogP contribution is -2.38. The van der Waals surface area contributed by atoms with Crippen LogP contribution in [0.1, 0.15) is 57.9 Å². The molecule has 0 spiro atoms. The van der Waals surface area contributed by atoms with E-state index in [1.54, 1.807) is 23.2 Å². The van der Waals surface area contributed by atoms with Crippen LogP contribution in [-0.4, -0.2) is 44.1 Å². The van der Waals surface area contributed by atoms with Gasteiger partial charge < -0.3 is 10.2 Å². The highest BCUT2D eigenvalue weighted by atomic mass is 16.2. The molecule has 0 saturated heterocycles. The highest BCUT2D eigenvalue weighted by Crippen LogP contribution is 2.19. The molecule has 0 aromatic carbocycles. The molecule has 136 valence electrons. The summed E-state index contributed by atoms with van der Waals surface area (Å²) < 4.78 is 1.83. The van der Waals surface area contributed by atoms with Gasteiger partial charge in [0.25, 0.3) is 11.8 Å². The molecule has 0 radical (unpaired) electrons. The van der Waals surface area contributed by atoms with E-state index < -0.39 is 0 Å². The topological polar surface area (TPSA) is 80.1 Å². The first-order chi connectivity index (χ1) is 12.6. The van der Waals surface area contributed by atoms with E-state index >= 15 is 0 Å². The molecule has 3 heterocycles. The third-order valence-corrected chi connectivity index (χ3v) is 5.17. The zero-order valence-corrected chi connectivity index (χ0v) is 14.9. The summed E-state index contributed by atoms with van der Waals surface area (Å²) in [6, 6.07) is 5.72. The van der Waals surface area contributed by atoms with Gasteiger partial charge in [-0.2, -0.15) is 5.10 Å². The monoisotopic (exact) mass is 353 g/mol. The standard InChI is InChI=1S/C19H23N5O2/c1-13-6-7-14(11-20-13)19(26)23-8-9-24-16(12-23)10-17(22-24)18(25)21-15-4-2-3-5-15/h6-7,10-11,15H,2-5,8-9,12H2,1H3,(H,21,25). The summed E-state index contributed by atoms with van der Waals surface area (Å²) in [5, 5.41) is 7.49. The van der Waals surface area contributed by atoms with Crippen LogP contribution in [0.5, 0.6) is 0 Å². The Hall–Kier alpha value is -2.70. The van der Waals surface area contributed by atoms with Crippen LogP contribution >= 0.6 is 0 Å². The Labute approximate surface area is 152 Å². The summed E-state index contributed by atoms with van der Waals surface area (Å²) in [5.74, 6) is -0.152. The molecule has 0 atom stereocenters. The van der Waals surface area contributed by atoms with Crippen LogP contribution in [-0.2, 0) is 13.1 Å². The average Bonchev–Trinajstić information content (AvgIpc) is 3.30. The van der Waals surface area contributed by atoms with Crippen molar-refractivity contribution < 1.29 is 9.59 Å². The van der Waals surface area contributed by atoms with Gasteiger partial charge in [0, 0.05) is 24.5 Å². The van der Waals surface area contributed by atoms with Crippen LogP contribution in [0.3, 0.4) is 0 Å². The molecule has 1 saturated carbocycles. The first kappa shape index (κ1) is 16.8. The third-order valence-electron chi connectivity index (χ3n) is 5.17. The molecule has 7 nitrogen and oxygen atoms in total. The Morgan fingerprint density at radius 3 is 2.73 bits per heavy atom. The van der Waals surface area contributed by atoms with Crippen LogP contribution < -0.4 is 5.32 Å². The molecule has 0 bridgehead atoms. The molecular weight excluding hydrogens is 330 g/mol. The van der Waals surface area contributed by atoms with Crippen molar-refractivity contribution in [2.24, 2.45) is 0 Å². The second kappa shape index (κ2) is 6.90. The fourth-order valence-corrected chi connectivity index (χ4v) is 3.66. The lowest BCUT2D eigenvalue weighted by atomic mass is 10.2. The minimum atomic E-state index is -0.112. The number of pyridine rings is 1. The van der Waals surface area contributed by atoms with Gasteiger partial charge in [0.05, 0.1) is 24.3 Å². The summed E-state index contributed by atoms with van der Waals surface area (Å²) in [6.07, 6.45) is 6.06. The number of amides is 2. The lowest BCUT2D eigenvalue weighted by Gasteiger charge is -2.27. The summed E-state index contributed by atoms with van der Waals surface area (Å²) in [6.45, 7) is 3.52. The minimum absolute atomic E-state index is 0.0399. The molecule has 2 amide bonds. The van der Waals surface area contributed by atoms with Crippen molar-refractivity contribution in [1.82, 2.24) is 25.0 Å². The summed E-state index contributed by atoms with van der Waals surface area (Å²) in [5.41, 5.74) is 2.80. The lowest BCUT2D eigenvalue weighted by molar-refractivity contribution is 0.0705. The molecule has 0 unspecified atom stereocenters. The average molecular weight is 353 g/mol. The fraction of sp³-hybridized carbons (Fsp3) is 0.474. The zero-order chi connectivity index (χ0) is 18.1. The smallest absolute Gasteiger partial charge is 0.272 e. The Morgan fingerprint density at radius 1 is 1.19 bits per heavy atom. The number of nitrogens with one attached hydrogen (secondary N) is 1. The van der Waals surface area contributed by atoms with E-state index in [-0.39, 0.29) is 17.9 Å². The van der Waals surface area contributed by atoms with Crippen LogP contribution in [0.15, 0.2) is 24.4 Å². The van der Waals surface area contributed by atoms with Crippen LogP contribution in [0.4, 0.5) is 0 Å². The quantitative estimate of drug-likeness (QED) is 0.914. The van der Waals surface area contributed by atoms with E-state index in [9.17, 15) is 9.59 Å². The Kier molecular flexibility index (Phi) is 4.44. The molecule has 26 heavy (non-hydrogen) atoms. The van der Waals surface area contributed by atoms with E-state index in [4.69, 9.17) is 0 Å². The minimum Gasteiger partial charge on any atom is -0.348 e. The van der Waals surface area contributed by atoms with Gasteiger partial charge >= 0.3 is 0 Å². The third kappa shape index (κ3) is 3.34. The number of carbonyl (C=O) groups excluding carboxylic acids is 2. The highest BCUT2D eigenvalue weighted by Gasteiger charge is 2.26. The maximum atomic E-state index is 12.7. The van der Waals surface area contributed by atoms with E-state index in [1.165, 1.54) is 12.8 Å². The number of aromatic nitrogens is 3. The van der Waals surface area contributed by atoms with Crippen molar-refractivity contribution in [3.8, 4) is 0 Å². The number of fused-ring (bicyclic) bond motifs is 1. The zero-order valence-electron chi connectivity index (χ0n) is 14.9. The summed E-state index contributed by atoms with van der Waals surface area (Å²) >= 11 is 0. The van der Waals surface area contributed by atoms with Gasteiger partial charge in [-0.05, 0) is 38.0 Å². The fourth-order valence-electron chi connectivity index (χ4n) is 3.66. The molecule has 7 heteroatoms. The van der Waals surface area contributed by atoms with E-state index in [1.807, 2.05) is 17.7 Å². The van der Waals surface area contributed by atoms with Crippen LogP contribution in [0.2, 0.25) is 0 Å². The second-order valence-corrected chi connectivity index (χ2v) is 7.11. The Bertz CT molecular complexity index is 821. The number of nitrogens with zero attached hydrogens (tertiary/aromatic N) is 4. The molecular formula is C19H23N5O2. The number of rotatable bonds is 3. The van der Waals surface area contributed by atoms with E-state index in [2.05, 4.69) is 15.4 Å². The van der Waals surface area contributed by atoms with Crippen molar-refractivity contribution in [3.05, 3.63) is 47.0 Å². The number of hydrogen-bond donors (Lipinski definition) is 1. The maximum Gasteiger partial charge on any atom is 0.272 e. The Morgan fingerprint density at radius 2 is 2.00 bits per heavy atom. The normalized spacial score (nSPS) is 17.2. The number of aryl methyl sites for hydroxylation is 1. The van der Waals surface area contributed by atoms with Gasteiger partial charge in [0.2, 0.25) is 0 Å². The van der Waals surface area contributed by atoms with E-state index in [0.29, 0.717) is 30.9 Å². The molecule has 2 aliphatic rings. The molecule has 1 aliphatic carbocycles. The van der Waals surface area contributed by atoms with Gasteiger partial charge in [0.1, 0.15) is 0 Å². The van der Waals surface area contributed by atoms with E-state index in [0.717, 1.165) is 24.2 Å². The molecule has 2 aromatic heterocycles. The summed E-state index contributed by atoms with van der Waals surface area (Å²) in [4.78, 5) is 31.1. The van der Waals surface area contributed by atoms with Crippen molar-refractivity contribution in [2.45, 2.75) is 51.7 Å². The van der Waals surface area contributed by atoms with Gasteiger partial charge in [-0.25, -0.2) is 0 Å². The number of carbonyl (C=O) groups is 2. The SMILES string of the molecule is Cc1ccc(C(=O)N2CCn3nc(C(=O)NC4CCCC4)cc3C2)cn1. The van der Waals surface area contributed by atoms with Crippen LogP contribution in [0, 0.1) is 6.92 Å². The summed E-state index contributed by atoms with van der Waals surface area (Å²) in [7, 11) is 0. The van der Waals surface area contributed by atoms with Gasteiger partial charge in [0.15, 0.2) is 5.69 Å². The van der Waals surface area contributed by atoms with Gasteiger partial charge in [-0.15, -0.1) is 0 Å². The van der Waals surface area contributed by atoms with Crippen molar-refractivity contribution in [3.63, 3.8) is 0 Å². The van der Waals surface area contributed by atoms with Crippen molar-refractivity contribution >= 4 is 11.8 Å². The largest absolute Gasteiger partial charge is 0.348 e.